The molecule has 0 amide bonds. The van der Waals surface area contributed by atoms with E-state index in [9.17, 15) is 4.79 Å². The van der Waals surface area contributed by atoms with E-state index in [4.69, 9.17) is 4.43 Å². The van der Waals surface area contributed by atoms with Crippen molar-refractivity contribution in [1.82, 2.24) is 0 Å². The molecule has 0 saturated carbocycles. The molecule has 2 atom stereocenters. The minimum Gasteiger partial charge on any atom is -0.413 e. The highest BCUT2D eigenvalue weighted by atomic mass is 28.4. The monoisotopic (exact) mass is 244 g/mol. The maximum atomic E-state index is 11.4. The van der Waals surface area contributed by atoms with Gasteiger partial charge in [0.1, 0.15) is 5.78 Å². The Labute approximate surface area is 102 Å². The molecule has 0 radical (unpaired) electrons. The normalized spacial score (nSPS) is 17.0. The summed E-state index contributed by atoms with van der Waals surface area (Å²) in [6.07, 6.45) is 0.992. The number of carbonyl (C=O) groups excluding carboxylic acids is 1. The summed E-state index contributed by atoms with van der Waals surface area (Å²) in [5.41, 5.74) is 0. The zero-order chi connectivity index (χ0) is 13.1. The van der Waals surface area contributed by atoms with Gasteiger partial charge in [-0.3, -0.25) is 4.79 Å². The largest absolute Gasteiger partial charge is 0.413 e. The van der Waals surface area contributed by atoms with Gasteiger partial charge in [0.25, 0.3) is 0 Å². The summed E-state index contributed by atoms with van der Waals surface area (Å²) in [4.78, 5) is 11.4. The van der Waals surface area contributed by atoms with Crippen molar-refractivity contribution in [1.29, 1.82) is 0 Å². The highest BCUT2D eigenvalue weighted by Crippen LogP contribution is 2.38. The summed E-state index contributed by atoms with van der Waals surface area (Å²) in [6.45, 7) is 16.9. The van der Waals surface area contributed by atoms with Crippen LogP contribution in [-0.4, -0.2) is 20.2 Å². The van der Waals surface area contributed by atoms with Crippen LogP contribution in [-0.2, 0) is 9.22 Å². The van der Waals surface area contributed by atoms with Gasteiger partial charge in [-0.25, -0.2) is 0 Å². The molecular formula is C13H28O2Si. The van der Waals surface area contributed by atoms with Crippen LogP contribution in [0.15, 0.2) is 0 Å². The summed E-state index contributed by atoms with van der Waals surface area (Å²) >= 11 is 0. The third-order valence-corrected chi connectivity index (χ3v) is 8.36. The molecule has 2 nitrogen and oxygen atoms in total. The number of ketones is 1. The maximum Gasteiger partial charge on any atom is 0.192 e. The quantitative estimate of drug-likeness (QED) is 0.683. The van der Waals surface area contributed by atoms with Crippen LogP contribution in [0, 0.1) is 5.92 Å². The first-order valence-electron chi connectivity index (χ1n) is 6.21. The summed E-state index contributed by atoms with van der Waals surface area (Å²) in [5.74, 6) is 0.240. The van der Waals surface area contributed by atoms with Gasteiger partial charge in [0.2, 0.25) is 0 Å². The Bertz CT molecular complexity index is 241. The van der Waals surface area contributed by atoms with Crippen LogP contribution in [0.25, 0.3) is 0 Å². The summed E-state index contributed by atoms with van der Waals surface area (Å²) in [5, 5.41) is 0.205. The van der Waals surface area contributed by atoms with E-state index in [1.165, 1.54) is 0 Å². The second kappa shape index (κ2) is 5.45. The van der Waals surface area contributed by atoms with Gasteiger partial charge in [0.05, 0.1) is 6.10 Å². The van der Waals surface area contributed by atoms with Crippen LogP contribution in [0.3, 0.4) is 0 Å². The summed E-state index contributed by atoms with van der Waals surface area (Å²) < 4.78 is 6.29. The SMILES string of the molecule is CC[C@H](O[Si](C)(C)C(C)(C)C)[C@H](C)C(C)=O. The molecular weight excluding hydrogens is 216 g/mol. The van der Waals surface area contributed by atoms with Crippen molar-refractivity contribution in [2.24, 2.45) is 5.92 Å². The van der Waals surface area contributed by atoms with Crippen LogP contribution in [0.2, 0.25) is 18.1 Å². The average molecular weight is 244 g/mol. The number of rotatable bonds is 5. The molecule has 0 saturated heterocycles. The van der Waals surface area contributed by atoms with E-state index in [-0.39, 0.29) is 22.8 Å². The van der Waals surface area contributed by atoms with Gasteiger partial charge in [-0.05, 0) is 31.5 Å². The van der Waals surface area contributed by atoms with Crippen LogP contribution in [0.4, 0.5) is 0 Å². The topological polar surface area (TPSA) is 26.3 Å². The van der Waals surface area contributed by atoms with Crippen LogP contribution < -0.4 is 0 Å². The molecule has 0 aliphatic rings. The van der Waals surface area contributed by atoms with Gasteiger partial charge in [-0.1, -0.05) is 34.6 Å². The Morgan fingerprint density at radius 2 is 1.75 bits per heavy atom. The molecule has 0 aromatic carbocycles. The zero-order valence-corrected chi connectivity index (χ0v) is 13.2. The molecule has 0 spiro atoms. The van der Waals surface area contributed by atoms with Crippen molar-refractivity contribution in [3.63, 3.8) is 0 Å². The number of hydrogen-bond donors (Lipinski definition) is 0. The lowest BCUT2D eigenvalue weighted by Crippen LogP contribution is -2.46. The third kappa shape index (κ3) is 4.02. The fourth-order valence-corrected chi connectivity index (χ4v) is 2.84. The van der Waals surface area contributed by atoms with Crippen molar-refractivity contribution in [2.75, 3.05) is 0 Å². The fourth-order valence-electron chi connectivity index (χ4n) is 1.36. The minimum absolute atomic E-state index is 0.0131. The second-order valence-corrected chi connectivity index (χ2v) is 11.0. The average Bonchev–Trinajstić information content (AvgIpc) is 2.11. The number of hydrogen-bond acceptors (Lipinski definition) is 2. The first kappa shape index (κ1) is 15.8. The third-order valence-electron chi connectivity index (χ3n) is 3.85. The van der Waals surface area contributed by atoms with E-state index >= 15 is 0 Å². The molecule has 0 rings (SSSR count). The molecule has 0 aromatic rings. The van der Waals surface area contributed by atoms with E-state index in [2.05, 4.69) is 40.8 Å². The van der Waals surface area contributed by atoms with Crippen LogP contribution in [0.5, 0.6) is 0 Å². The van der Waals surface area contributed by atoms with E-state index in [0.29, 0.717) is 0 Å². The van der Waals surface area contributed by atoms with E-state index in [1.807, 2.05) is 6.92 Å². The molecule has 16 heavy (non-hydrogen) atoms. The molecule has 0 N–H and O–H groups in total. The Balaban J connectivity index is 4.73. The van der Waals surface area contributed by atoms with Crippen LogP contribution >= 0.6 is 0 Å². The van der Waals surface area contributed by atoms with Crippen molar-refractivity contribution in [3.8, 4) is 0 Å². The second-order valence-electron chi connectivity index (χ2n) is 6.22. The minimum atomic E-state index is -1.75. The molecule has 0 heterocycles. The molecule has 0 bridgehead atoms. The Kier molecular flexibility index (Phi) is 5.40. The lowest BCUT2D eigenvalue weighted by atomic mass is 9.99. The smallest absolute Gasteiger partial charge is 0.192 e. The first-order chi connectivity index (χ1) is 7.03. The molecule has 96 valence electrons. The highest BCUT2D eigenvalue weighted by Gasteiger charge is 2.40. The number of Topliss-reactive ketones (excluding diaryl/α,β-unsaturated/α-hetero) is 1. The molecule has 3 heteroatoms. The van der Waals surface area contributed by atoms with Crippen molar-refractivity contribution >= 4 is 14.1 Å². The molecule has 0 aliphatic heterocycles. The standard InChI is InChI=1S/C13H28O2Si/c1-9-12(10(2)11(3)14)15-16(7,8)13(4,5)6/h10,12H,9H2,1-8H3/t10-,12+/m1/s1. The van der Waals surface area contributed by atoms with Crippen molar-refractivity contribution in [2.45, 2.75) is 72.2 Å². The Morgan fingerprint density at radius 3 is 2.00 bits per heavy atom. The fraction of sp³-hybridized carbons (Fsp3) is 0.923. The Hall–Kier alpha value is -0.153. The maximum absolute atomic E-state index is 11.4. The predicted molar refractivity (Wildman–Crippen MR) is 72.2 cm³/mol. The van der Waals surface area contributed by atoms with E-state index < -0.39 is 8.32 Å². The first-order valence-corrected chi connectivity index (χ1v) is 9.12. The molecule has 0 aromatic heterocycles. The van der Waals surface area contributed by atoms with Crippen molar-refractivity contribution < 1.29 is 9.22 Å². The van der Waals surface area contributed by atoms with E-state index in [0.717, 1.165) is 6.42 Å². The van der Waals surface area contributed by atoms with Gasteiger partial charge in [0, 0.05) is 5.92 Å². The zero-order valence-electron chi connectivity index (χ0n) is 12.2. The van der Waals surface area contributed by atoms with Gasteiger partial charge in [0.15, 0.2) is 8.32 Å². The lowest BCUT2D eigenvalue weighted by Gasteiger charge is -2.40. The molecule has 0 aliphatic carbocycles. The summed E-state index contributed by atoms with van der Waals surface area (Å²) in [6, 6.07) is 0. The highest BCUT2D eigenvalue weighted by molar-refractivity contribution is 6.74. The van der Waals surface area contributed by atoms with Crippen molar-refractivity contribution in [3.05, 3.63) is 0 Å². The number of carbonyl (C=O) groups is 1. The molecule has 0 unspecified atom stereocenters. The Morgan fingerprint density at radius 1 is 1.31 bits per heavy atom. The van der Waals surface area contributed by atoms with Gasteiger partial charge >= 0.3 is 0 Å². The van der Waals surface area contributed by atoms with Gasteiger partial charge in [-0.2, -0.15) is 0 Å². The van der Waals surface area contributed by atoms with Gasteiger partial charge < -0.3 is 4.43 Å². The molecule has 0 fully saturated rings. The predicted octanol–water partition coefficient (Wildman–Crippen LogP) is 4.01. The van der Waals surface area contributed by atoms with E-state index in [1.54, 1.807) is 6.92 Å². The van der Waals surface area contributed by atoms with Gasteiger partial charge in [-0.15, -0.1) is 0 Å². The van der Waals surface area contributed by atoms with Crippen LogP contribution in [0.1, 0.15) is 48.0 Å². The lowest BCUT2D eigenvalue weighted by molar-refractivity contribution is -0.123. The summed E-state index contributed by atoms with van der Waals surface area (Å²) in [7, 11) is -1.75.